The summed E-state index contributed by atoms with van der Waals surface area (Å²) in [5.41, 5.74) is 1.00. The maximum absolute atomic E-state index is 13.5. The minimum Gasteiger partial charge on any atom is -0.361 e. The quantitative estimate of drug-likeness (QED) is 0.311. The molecule has 0 saturated heterocycles. The van der Waals surface area contributed by atoms with E-state index in [1.807, 2.05) is 44.3 Å². The molecule has 0 aliphatic heterocycles. The molecule has 1 aromatic heterocycles. The standard InChI is InChI=1S/C28H33ClF3N3O2/c1-19(2)35(26(37)27(3,4)18-29)17-25(36)34(16-20-9-11-22(12-10-20)28(30,31)32)14-13-21-15-33-24-8-6-5-7-23(21)24/h5-12,15,19,33H,13-14,16-18H2,1-4H3. The van der Waals surface area contributed by atoms with Crippen LogP contribution in [0.4, 0.5) is 13.2 Å². The van der Waals surface area contributed by atoms with Gasteiger partial charge in [-0.3, -0.25) is 9.59 Å². The zero-order valence-corrected chi connectivity index (χ0v) is 22.3. The van der Waals surface area contributed by atoms with Gasteiger partial charge in [0.15, 0.2) is 0 Å². The highest BCUT2D eigenvalue weighted by atomic mass is 35.5. The Morgan fingerprint density at radius 3 is 2.27 bits per heavy atom. The number of H-pyrrole nitrogens is 1. The number of aromatic amines is 1. The van der Waals surface area contributed by atoms with E-state index in [2.05, 4.69) is 4.98 Å². The van der Waals surface area contributed by atoms with Crippen LogP contribution in [0.3, 0.4) is 0 Å². The Balaban J connectivity index is 1.84. The molecule has 9 heteroatoms. The van der Waals surface area contributed by atoms with Crippen molar-refractivity contribution in [2.24, 2.45) is 5.41 Å². The van der Waals surface area contributed by atoms with E-state index in [0.29, 0.717) is 18.5 Å². The first-order valence-electron chi connectivity index (χ1n) is 12.2. The van der Waals surface area contributed by atoms with Gasteiger partial charge in [-0.25, -0.2) is 0 Å². The number of halogens is 4. The second-order valence-corrected chi connectivity index (χ2v) is 10.4. The SMILES string of the molecule is CC(C)N(CC(=O)N(CCc1c[nH]c2ccccc12)Cc1ccc(C(F)(F)F)cc1)C(=O)C(C)(C)CCl. The summed E-state index contributed by atoms with van der Waals surface area (Å²) in [7, 11) is 0. The number of nitrogens with zero attached hydrogens (tertiary/aromatic N) is 2. The van der Waals surface area contributed by atoms with E-state index in [4.69, 9.17) is 11.6 Å². The largest absolute Gasteiger partial charge is 0.416 e. The van der Waals surface area contributed by atoms with Gasteiger partial charge in [0, 0.05) is 42.1 Å². The van der Waals surface area contributed by atoms with Crippen LogP contribution in [0.1, 0.15) is 44.4 Å². The summed E-state index contributed by atoms with van der Waals surface area (Å²) in [5.74, 6) is -0.400. The lowest BCUT2D eigenvalue weighted by atomic mass is 9.93. The predicted octanol–water partition coefficient (Wildman–Crippen LogP) is 6.26. The minimum atomic E-state index is -4.43. The normalized spacial score (nSPS) is 12.2. The highest BCUT2D eigenvalue weighted by Gasteiger charge is 2.34. The topological polar surface area (TPSA) is 56.4 Å². The first-order chi connectivity index (χ1) is 17.3. The Morgan fingerprint density at radius 2 is 1.68 bits per heavy atom. The van der Waals surface area contributed by atoms with Gasteiger partial charge in [-0.15, -0.1) is 11.6 Å². The Kier molecular flexibility index (Phi) is 8.95. The van der Waals surface area contributed by atoms with E-state index in [1.54, 1.807) is 18.7 Å². The third-order valence-electron chi connectivity index (χ3n) is 6.44. The molecule has 0 unspecified atom stereocenters. The fraction of sp³-hybridized carbons (Fsp3) is 0.429. The van der Waals surface area contributed by atoms with Crippen molar-refractivity contribution in [1.29, 1.82) is 0 Å². The summed E-state index contributed by atoms with van der Waals surface area (Å²) in [4.78, 5) is 33.0. The van der Waals surface area contributed by atoms with Crippen molar-refractivity contribution < 1.29 is 22.8 Å². The molecule has 0 spiro atoms. The minimum absolute atomic E-state index is 0.110. The lowest BCUT2D eigenvalue weighted by Crippen LogP contribution is -2.50. The Hall–Kier alpha value is -3.00. The molecule has 0 saturated carbocycles. The average Bonchev–Trinajstić information content (AvgIpc) is 3.27. The molecule has 5 nitrogen and oxygen atoms in total. The van der Waals surface area contributed by atoms with Crippen LogP contribution in [0.25, 0.3) is 10.9 Å². The number of alkyl halides is 4. The van der Waals surface area contributed by atoms with Crippen LogP contribution in [-0.4, -0.2) is 51.6 Å². The first-order valence-corrected chi connectivity index (χ1v) is 12.7. The number of aromatic nitrogens is 1. The molecule has 0 fully saturated rings. The summed E-state index contributed by atoms with van der Waals surface area (Å²) >= 11 is 6.02. The number of carbonyl (C=O) groups is 2. The summed E-state index contributed by atoms with van der Waals surface area (Å²) in [5, 5.41) is 1.05. The molecule has 0 aliphatic rings. The van der Waals surface area contributed by atoms with Gasteiger partial charge in [0.25, 0.3) is 0 Å². The monoisotopic (exact) mass is 535 g/mol. The van der Waals surface area contributed by atoms with E-state index < -0.39 is 17.2 Å². The van der Waals surface area contributed by atoms with E-state index in [1.165, 1.54) is 17.0 Å². The van der Waals surface area contributed by atoms with Crippen molar-refractivity contribution in [3.63, 3.8) is 0 Å². The average molecular weight is 536 g/mol. The number of fused-ring (bicyclic) bond motifs is 1. The van der Waals surface area contributed by atoms with E-state index >= 15 is 0 Å². The number of benzene rings is 2. The van der Waals surface area contributed by atoms with Crippen molar-refractivity contribution in [2.45, 2.75) is 52.9 Å². The number of hydrogen-bond acceptors (Lipinski definition) is 2. The van der Waals surface area contributed by atoms with Gasteiger partial charge in [0.05, 0.1) is 11.0 Å². The fourth-order valence-electron chi connectivity index (χ4n) is 4.09. The predicted molar refractivity (Wildman–Crippen MR) is 140 cm³/mol. The molecule has 2 amide bonds. The fourth-order valence-corrected chi connectivity index (χ4v) is 4.20. The Bertz CT molecular complexity index is 1220. The molecule has 1 N–H and O–H groups in total. The summed E-state index contributed by atoms with van der Waals surface area (Å²) < 4.78 is 39.1. The maximum Gasteiger partial charge on any atom is 0.416 e. The lowest BCUT2D eigenvalue weighted by molar-refractivity contribution is -0.147. The Morgan fingerprint density at radius 1 is 1.03 bits per heavy atom. The molecule has 0 aliphatic carbocycles. The molecular formula is C28H33ClF3N3O2. The third-order valence-corrected chi connectivity index (χ3v) is 7.10. The number of rotatable bonds is 10. The molecule has 1 heterocycles. The summed E-state index contributed by atoms with van der Waals surface area (Å²) in [6, 6.07) is 12.4. The lowest BCUT2D eigenvalue weighted by Gasteiger charge is -2.35. The van der Waals surface area contributed by atoms with Gasteiger partial charge >= 0.3 is 6.18 Å². The highest BCUT2D eigenvalue weighted by molar-refractivity contribution is 6.19. The number of para-hydroxylation sites is 1. The zero-order valence-electron chi connectivity index (χ0n) is 21.5. The van der Waals surface area contributed by atoms with Crippen LogP contribution in [0, 0.1) is 5.41 Å². The highest BCUT2D eigenvalue weighted by Crippen LogP contribution is 2.29. The van der Waals surface area contributed by atoms with E-state index in [-0.39, 0.29) is 36.8 Å². The summed E-state index contributed by atoms with van der Waals surface area (Å²) in [6.45, 7) is 7.45. The van der Waals surface area contributed by atoms with Gasteiger partial charge in [-0.05, 0) is 63.4 Å². The summed E-state index contributed by atoms with van der Waals surface area (Å²) in [6.07, 6.45) is -1.99. The number of amides is 2. The molecule has 2 aromatic carbocycles. The third kappa shape index (κ3) is 7.06. The zero-order chi connectivity index (χ0) is 27.4. The molecule has 37 heavy (non-hydrogen) atoms. The second kappa shape index (κ2) is 11.6. The Labute approximate surface area is 220 Å². The van der Waals surface area contributed by atoms with Crippen LogP contribution in [0.5, 0.6) is 0 Å². The van der Waals surface area contributed by atoms with Gasteiger partial charge < -0.3 is 14.8 Å². The van der Waals surface area contributed by atoms with Crippen LogP contribution >= 0.6 is 11.6 Å². The van der Waals surface area contributed by atoms with Crippen molar-refractivity contribution in [3.05, 3.63) is 71.4 Å². The molecular weight excluding hydrogens is 503 g/mol. The van der Waals surface area contributed by atoms with Gasteiger partial charge in [-0.2, -0.15) is 13.2 Å². The van der Waals surface area contributed by atoms with Crippen molar-refractivity contribution in [1.82, 2.24) is 14.8 Å². The van der Waals surface area contributed by atoms with Gasteiger partial charge in [-0.1, -0.05) is 30.3 Å². The number of hydrogen-bond donors (Lipinski definition) is 1. The van der Waals surface area contributed by atoms with Gasteiger partial charge in [0.2, 0.25) is 11.8 Å². The van der Waals surface area contributed by atoms with Crippen LogP contribution < -0.4 is 0 Å². The van der Waals surface area contributed by atoms with Crippen molar-refractivity contribution >= 4 is 34.3 Å². The molecule has 0 atom stereocenters. The smallest absolute Gasteiger partial charge is 0.361 e. The van der Waals surface area contributed by atoms with E-state index in [9.17, 15) is 22.8 Å². The maximum atomic E-state index is 13.5. The van der Waals surface area contributed by atoms with Crippen LogP contribution in [0.2, 0.25) is 0 Å². The number of carbonyl (C=O) groups excluding carboxylic acids is 2. The molecule has 0 radical (unpaired) electrons. The molecule has 3 aromatic rings. The van der Waals surface area contributed by atoms with Crippen LogP contribution in [-0.2, 0) is 28.7 Å². The second-order valence-electron chi connectivity index (χ2n) is 10.2. The number of nitrogens with one attached hydrogen (secondary N) is 1. The molecule has 3 rings (SSSR count). The van der Waals surface area contributed by atoms with Crippen molar-refractivity contribution in [2.75, 3.05) is 19.0 Å². The molecule has 0 bridgehead atoms. The molecule has 200 valence electrons. The van der Waals surface area contributed by atoms with Gasteiger partial charge in [0.1, 0.15) is 6.54 Å². The van der Waals surface area contributed by atoms with Crippen molar-refractivity contribution in [3.8, 4) is 0 Å². The van der Waals surface area contributed by atoms with E-state index in [0.717, 1.165) is 28.6 Å². The van der Waals surface area contributed by atoms with Crippen LogP contribution in [0.15, 0.2) is 54.7 Å². The first kappa shape index (κ1) is 28.6.